The largest absolute Gasteiger partial charge is 0.311 e. The molecule has 0 radical (unpaired) electrons. The first-order valence-corrected chi connectivity index (χ1v) is 5.41. The van der Waals surface area contributed by atoms with Crippen molar-refractivity contribution in [3.05, 3.63) is 22.2 Å². The number of hydrogen-bond donors (Lipinski definition) is 2. The summed E-state index contributed by atoms with van der Waals surface area (Å²) in [5.74, 6) is 1.25. The van der Waals surface area contributed by atoms with Crippen LogP contribution in [-0.4, -0.2) is 53.1 Å². The first kappa shape index (κ1) is 11.1. The van der Waals surface area contributed by atoms with Gasteiger partial charge in [-0.25, -0.2) is 9.99 Å². The number of rotatable bonds is 2. The number of nitrogens with zero attached hydrogens (tertiary/aromatic N) is 3. The monoisotopic (exact) mass is 223 g/mol. The van der Waals surface area contributed by atoms with Gasteiger partial charge in [0.2, 0.25) is 0 Å². The van der Waals surface area contributed by atoms with Gasteiger partial charge in [-0.1, -0.05) is 0 Å². The summed E-state index contributed by atoms with van der Waals surface area (Å²) in [7, 11) is 2.10. The van der Waals surface area contributed by atoms with E-state index in [1.807, 2.05) is 0 Å². The number of aromatic nitrogens is 2. The van der Waals surface area contributed by atoms with Gasteiger partial charge in [-0.3, -0.25) is 4.79 Å². The van der Waals surface area contributed by atoms with Crippen LogP contribution < -0.4 is 11.0 Å². The van der Waals surface area contributed by atoms with Crippen LogP contribution in [0.2, 0.25) is 0 Å². The van der Waals surface area contributed by atoms with E-state index in [0.29, 0.717) is 11.6 Å². The first-order chi connectivity index (χ1) is 7.63. The summed E-state index contributed by atoms with van der Waals surface area (Å²) < 4.78 is 0. The van der Waals surface area contributed by atoms with Crippen LogP contribution in [0.1, 0.15) is 5.82 Å². The maximum Gasteiger partial charge on any atom is 0.253 e. The number of H-pyrrole nitrogens is 1. The van der Waals surface area contributed by atoms with Crippen molar-refractivity contribution in [3.63, 3.8) is 0 Å². The summed E-state index contributed by atoms with van der Waals surface area (Å²) in [4.78, 5) is 20.4. The number of aromatic amines is 1. The van der Waals surface area contributed by atoms with Gasteiger partial charge >= 0.3 is 0 Å². The van der Waals surface area contributed by atoms with E-state index in [9.17, 15) is 4.79 Å². The minimum absolute atomic E-state index is 0.121. The highest BCUT2D eigenvalue weighted by atomic mass is 16.1. The molecule has 2 rings (SSSR count). The van der Waals surface area contributed by atoms with Crippen molar-refractivity contribution >= 4 is 5.82 Å². The summed E-state index contributed by atoms with van der Waals surface area (Å²) in [6.45, 7) is 5.69. The highest BCUT2D eigenvalue weighted by Crippen LogP contribution is 2.03. The van der Waals surface area contributed by atoms with Crippen LogP contribution in [0, 0.1) is 6.92 Å². The predicted octanol–water partition coefficient (Wildman–Crippen LogP) is -0.347. The van der Waals surface area contributed by atoms with Crippen LogP contribution in [0.15, 0.2) is 10.9 Å². The molecule has 1 aliphatic rings. The number of nitrogens with one attached hydrogen (secondary N) is 2. The number of hydrazine groups is 1. The zero-order chi connectivity index (χ0) is 11.5. The first-order valence-electron chi connectivity index (χ1n) is 5.41. The molecule has 2 heterocycles. The quantitative estimate of drug-likeness (QED) is 0.717. The Morgan fingerprint density at radius 3 is 2.69 bits per heavy atom. The van der Waals surface area contributed by atoms with E-state index >= 15 is 0 Å². The highest BCUT2D eigenvalue weighted by molar-refractivity contribution is 5.31. The van der Waals surface area contributed by atoms with Gasteiger partial charge in [0.15, 0.2) is 0 Å². The molecule has 6 heteroatoms. The lowest BCUT2D eigenvalue weighted by atomic mass is 10.4. The Bertz CT molecular complexity index is 408. The Morgan fingerprint density at radius 2 is 2.06 bits per heavy atom. The smallest absolute Gasteiger partial charge is 0.253 e. The number of aryl methyl sites for hydroxylation is 1. The van der Waals surface area contributed by atoms with E-state index in [4.69, 9.17) is 0 Å². The Morgan fingerprint density at radius 1 is 1.38 bits per heavy atom. The van der Waals surface area contributed by atoms with Crippen molar-refractivity contribution in [3.8, 4) is 0 Å². The van der Waals surface area contributed by atoms with Crippen LogP contribution in [0.5, 0.6) is 0 Å². The van der Waals surface area contributed by atoms with E-state index in [0.717, 1.165) is 26.2 Å². The fraction of sp³-hybridized carbons (Fsp3) is 0.600. The summed E-state index contributed by atoms with van der Waals surface area (Å²) in [5, 5.41) is 2.08. The molecule has 88 valence electrons. The molecule has 0 spiro atoms. The minimum Gasteiger partial charge on any atom is -0.311 e. The van der Waals surface area contributed by atoms with Crippen molar-refractivity contribution in [1.29, 1.82) is 0 Å². The predicted molar refractivity (Wildman–Crippen MR) is 62.3 cm³/mol. The third-order valence-electron chi connectivity index (χ3n) is 2.64. The molecule has 0 aliphatic carbocycles. The number of piperazine rings is 1. The molecular weight excluding hydrogens is 206 g/mol. The topological polar surface area (TPSA) is 64.3 Å². The van der Waals surface area contributed by atoms with Crippen molar-refractivity contribution in [2.45, 2.75) is 6.92 Å². The van der Waals surface area contributed by atoms with Gasteiger partial charge in [-0.15, -0.1) is 0 Å². The van der Waals surface area contributed by atoms with E-state index in [2.05, 4.69) is 32.4 Å². The van der Waals surface area contributed by atoms with Gasteiger partial charge in [0.25, 0.3) is 5.56 Å². The third-order valence-corrected chi connectivity index (χ3v) is 2.64. The lowest BCUT2D eigenvalue weighted by molar-refractivity contribution is 0.178. The molecule has 1 aromatic heterocycles. The van der Waals surface area contributed by atoms with Crippen LogP contribution in [-0.2, 0) is 0 Å². The molecule has 1 aromatic rings. The Balaban J connectivity index is 2.01. The van der Waals surface area contributed by atoms with Crippen molar-refractivity contribution < 1.29 is 0 Å². The van der Waals surface area contributed by atoms with Crippen LogP contribution in [0.25, 0.3) is 0 Å². The molecule has 1 saturated heterocycles. The fourth-order valence-electron chi connectivity index (χ4n) is 1.72. The molecule has 0 saturated carbocycles. The summed E-state index contributed by atoms with van der Waals surface area (Å²) in [6.07, 6.45) is 0. The summed E-state index contributed by atoms with van der Waals surface area (Å²) in [5.41, 5.74) is 3.04. The fourth-order valence-corrected chi connectivity index (χ4v) is 1.72. The second-order valence-corrected chi connectivity index (χ2v) is 4.12. The average molecular weight is 223 g/mol. The van der Waals surface area contributed by atoms with E-state index in [-0.39, 0.29) is 5.56 Å². The summed E-state index contributed by atoms with van der Waals surface area (Å²) in [6, 6.07) is 1.48. The Kier molecular flexibility index (Phi) is 3.21. The van der Waals surface area contributed by atoms with Crippen LogP contribution in [0.4, 0.5) is 5.82 Å². The van der Waals surface area contributed by atoms with Gasteiger partial charge < -0.3 is 15.3 Å². The number of likely N-dealkylation sites (N-methyl/N-ethyl adjacent to an activating group) is 1. The van der Waals surface area contributed by atoms with Gasteiger partial charge in [0.05, 0.1) is 0 Å². The Hall–Kier alpha value is -1.40. The van der Waals surface area contributed by atoms with E-state index in [1.165, 1.54) is 6.07 Å². The molecule has 0 amide bonds. The maximum absolute atomic E-state index is 11.2. The molecule has 6 nitrogen and oxygen atoms in total. The molecule has 0 atom stereocenters. The second-order valence-electron chi connectivity index (χ2n) is 4.12. The zero-order valence-corrected chi connectivity index (χ0v) is 9.66. The third kappa shape index (κ3) is 2.80. The lowest BCUT2D eigenvalue weighted by Gasteiger charge is -2.32. The lowest BCUT2D eigenvalue weighted by Crippen LogP contribution is -2.47. The molecule has 1 fully saturated rings. The van der Waals surface area contributed by atoms with Gasteiger partial charge in [0.1, 0.15) is 11.6 Å². The molecular formula is C10H17N5O. The summed E-state index contributed by atoms with van der Waals surface area (Å²) >= 11 is 0. The Labute approximate surface area is 94.3 Å². The number of hydrogen-bond acceptors (Lipinski definition) is 5. The zero-order valence-electron chi connectivity index (χ0n) is 9.66. The van der Waals surface area contributed by atoms with Crippen molar-refractivity contribution in [2.24, 2.45) is 0 Å². The van der Waals surface area contributed by atoms with E-state index < -0.39 is 0 Å². The molecule has 0 unspecified atom stereocenters. The molecule has 2 N–H and O–H groups in total. The van der Waals surface area contributed by atoms with Crippen molar-refractivity contribution in [2.75, 3.05) is 38.7 Å². The molecule has 0 bridgehead atoms. The van der Waals surface area contributed by atoms with Gasteiger partial charge in [-0.2, -0.15) is 0 Å². The van der Waals surface area contributed by atoms with Crippen LogP contribution >= 0.6 is 0 Å². The minimum atomic E-state index is -0.121. The molecule has 1 aliphatic heterocycles. The van der Waals surface area contributed by atoms with Gasteiger partial charge in [-0.05, 0) is 14.0 Å². The van der Waals surface area contributed by atoms with Gasteiger partial charge in [0, 0.05) is 32.2 Å². The number of anilines is 1. The molecule has 16 heavy (non-hydrogen) atoms. The highest BCUT2D eigenvalue weighted by Gasteiger charge is 2.13. The average Bonchev–Trinajstić information content (AvgIpc) is 2.20. The van der Waals surface area contributed by atoms with Crippen LogP contribution in [0.3, 0.4) is 0 Å². The van der Waals surface area contributed by atoms with Crippen molar-refractivity contribution in [1.82, 2.24) is 19.9 Å². The normalized spacial score (nSPS) is 18.6. The second kappa shape index (κ2) is 4.63. The standard InChI is InChI=1S/C10H17N5O/c1-8-11-9(7-10(16)12-8)13-15-5-3-14(2)4-6-15/h7H,3-6H2,1-2H3,(H2,11,12,13,16). The molecule has 0 aromatic carbocycles. The SMILES string of the molecule is Cc1nc(NN2CCN(C)CC2)cc(=O)[nH]1. The maximum atomic E-state index is 11.2. The van der Waals surface area contributed by atoms with E-state index in [1.54, 1.807) is 6.92 Å².